The third kappa shape index (κ3) is 2.79. The monoisotopic (exact) mass is 256 g/mol. The van der Waals surface area contributed by atoms with E-state index < -0.39 is 5.60 Å². The van der Waals surface area contributed by atoms with Crippen molar-refractivity contribution >= 4 is 0 Å². The first-order valence-electron chi connectivity index (χ1n) is 6.57. The van der Waals surface area contributed by atoms with Gasteiger partial charge in [0.2, 0.25) is 0 Å². The van der Waals surface area contributed by atoms with Gasteiger partial charge in [-0.2, -0.15) is 0 Å². The number of hydrogen-bond acceptors (Lipinski definition) is 2. The van der Waals surface area contributed by atoms with Crippen LogP contribution in [0, 0.1) is 6.92 Å². The van der Waals surface area contributed by atoms with Crippen molar-refractivity contribution in [3.05, 3.63) is 65.2 Å². The van der Waals surface area contributed by atoms with E-state index in [-0.39, 0.29) is 0 Å². The average Bonchev–Trinajstić information content (AvgIpc) is 2.40. The molecule has 2 rings (SSSR count). The van der Waals surface area contributed by atoms with E-state index >= 15 is 0 Å². The third-order valence-corrected chi connectivity index (χ3v) is 3.33. The van der Waals surface area contributed by atoms with Gasteiger partial charge in [0.15, 0.2) is 0 Å². The Morgan fingerprint density at radius 1 is 1.05 bits per heavy atom. The smallest absolute Gasteiger partial charge is 0.125 e. The van der Waals surface area contributed by atoms with Crippen molar-refractivity contribution in [3.63, 3.8) is 0 Å². The maximum absolute atomic E-state index is 10.9. The first-order chi connectivity index (χ1) is 9.05. The molecule has 0 aromatic heterocycles. The van der Waals surface area contributed by atoms with Crippen molar-refractivity contribution in [1.82, 2.24) is 0 Å². The number of hydrogen-bond donors (Lipinski definition) is 1. The molecule has 2 heteroatoms. The van der Waals surface area contributed by atoms with E-state index in [1.807, 2.05) is 62.4 Å². The lowest BCUT2D eigenvalue weighted by molar-refractivity contribution is 0.0981. The minimum absolute atomic E-state index is 0.584. The fourth-order valence-corrected chi connectivity index (χ4v) is 2.18. The molecular weight excluding hydrogens is 236 g/mol. The molecule has 0 aliphatic heterocycles. The minimum atomic E-state index is -1.06. The van der Waals surface area contributed by atoms with E-state index in [0.717, 1.165) is 16.9 Å². The van der Waals surface area contributed by atoms with Gasteiger partial charge in [0.1, 0.15) is 11.4 Å². The molecule has 0 amide bonds. The first kappa shape index (κ1) is 13.6. The zero-order chi connectivity index (χ0) is 13.9. The summed E-state index contributed by atoms with van der Waals surface area (Å²) in [5.74, 6) is 0.732. The van der Waals surface area contributed by atoms with Gasteiger partial charge in [-0.1, -0.05) is 48.0 Å². The van der Waals surface area contributed by atoms with Crippen LogP contribution in [0.4, 0.5) is 0 Å². The molecule has 0 radical (unpaired) electrons. The van der Waals surface area contributed by atoms with Crippen LogP contribution in [0.5, 0.6) is 5.75 Å². The van der Waals surface area contributed by atoms with Gasteiger partial charge in [-0.05, 0) is 32.4 Å². The van der Waals surface area contributed by atoms with Crippen LogP contribution in [0.2, 0.25) is 0 Å². The lowest BCUT2D eigenvalue weighted by Gasteiger charge is -2.26. The van der Waals surface area contributed by atoms with Crippen LogP contribution < -0.4 is 4.74 Å². The lowest BCUT2D eigenvalue weighted by atomic mass is 9.87. The Kier molecular flexibility index (Phi) is 3.91. The standard InChI is InChI=1S/C17H20O2/c1-4-19-16-8-6-5-7-15(16)17(3,18)14-11-9-13(2)10-12-14/h5-12,18H,4H2,1-3H3. The highest BCUT2D eigenvalue weighted by Gasteiger charge is 2.28. The number of benzene rings is 2. The Labute approximate surface area is 114 Å². The van der Waals surface area contributed by atoms with Crippen molar-refractivity contribution in [2.45, 2.75) is 26.4 Å². The molecular formula is C17H20O2. The van der Waals surface area contributed by atoms with Crippen LogP contribution in [0.1, 0.15) is 30.5 Å². The summed E-state index contributed by atoms with van der Waals surface area (Å²) in [6, 6.07) is 15.6. The molecule has 19 heavy (non-hydrogen) atoms. The van der Waals surface area contributed by atoms with Crippen molar-refractivity contribution in [3.8, 4) is 5.75 Å². The van der Waals surface area contributed by atoms with Crippen LogP contribution in [0.25, 0.3) is 0 Å². The zero-order valence-electron chi connectivity index (χ0n) is 11.7. The highest BCUT2D eigenvalue weighted by Crippen LogP contribution is 2.35. The van der Waals surface area contributed by atoms with Gasteiger partial charge in [0, 0.05) is 5.56 Å². The predicted octanol–water partition coefficient (Wildman–Crippen LogP) is 3.65. The zero-order valence-corrected chi connectivity index (χ0v) is 11.7. The fraction of sp³-hybridized carbons (Fsp3) is 0.294. The van der Waals surface area contributed by atoms with Crippen LogP contribution in [-0.4, -0.2) is 11.7 Å². The summed E-state index contributed by atoms with van der Waals surface area (Å²) in [4.78, 5) is 0. The van der Waals surface area contributed by atoms with E-state index in [2.05, 4.69) is 0 Å². The van der Waals surface area contributed by atoms with E-state index in [4.69, 9.17) is 4.74 Å². The van der Waals surface area contributed by atoms with Gasteiger partial charge in [-0.3, -0.25) is 0 Å². The summed E-state index contributed by atoms with van der Waals surface area (Å²) in [7, 11) is 0. The Bertz CT molecular complexity index is 541. The second-order valence-corrected chi connectivity index (χ2v) is 4.87. The van der Waals surface area contributed by atoms with Crippen LogP contribution >= 0.6 is 0 Å². The molecule has 1 unspecified atom stereocenters. The maximum Gasteiger partial charge on any atom is 0.125 e. The number of aliphatic hydroxyl groups is 1. The predicted molar refractivity (Wildman–Crippen MR) is 77.5 cm³/mol. The Hall–Kier alpha value is -1.80. The Morgan fingerprint density at radius 3 is 2.32 bits per heavy atom. The highest BCUT2D eigenvalue weighted by atomic mass is 16.5. The summed E-state index contributed by atoms with van der Waals surface area (Å²) >= 11 is 0. The molecule has 0 fully saturated rings. The quantitative estimate of drug-likeness (QED) is 0.904. The molecule has 0 spiro atoms. The number of ether oxygens (including phenoxy) is 1. The largest absolute Gasteiger partial charge is 0.493 e. The minimum Gasteiger partial charge on any atom is -0.493 e. The average molecular weight is 256 g/mol. The van der Waals surface area contributed by atoms with Crippen LogP contribution in [0.3, 0.4) is 0 Å². The molecule has 0 aliphatic rings. The molecule has 100 valence electrons. The molecule has 2 aromatic carbocycles. The summed E-state index contributed by atoms with van der Waals surface area (Å²) < 4.78 is 5.61. The van der Waals surface area contributed by atoms with Crippen molar-refractivity contribution in [2.24, 2.45) is 0 Å². The molecule has 1 N–H and O–H groups in total. The van der Waals surface area contributed by atoms with Gasteiger partial charge in [-0.15, -0.1) is 0 Å². The van der Waals surface area contributed by atoms with Crippen LogP contribution in [-0.2, 0) is 5.60 Å². The Balaban J connectivity index is 2.46. The lowest BCUT2D eigenvalue weighted by Crippen LogP contribution is -2.23. The fourth-order valence-electron chi connectivity index (χ4n) is 2.18. The normalized spacial score (nSPS) is 13.9. The van der Waals surface area contributed by atoms with Gasteiger partial charge in [0.05, 0.1) is 6.61 Å². The summed E-state index contributed by atoms with van der Waals surface area (Å²) in [5, 5.41) is 10.9. The van der Waals surface area contributed by atoms with E-state index in [1.54, 1.807) is 6.92 Å². The van der Waals surface area contributed by atoms with E-state index in [0.29, 0.717) is 6.61 Å². The SMILES string of the molecule is CCOc1ccccc1C(C)(O)c1ccc(C)cc1. The summed E-state index contributed by atoms with van der Waals surface area (Å²) in [6.07, 6.45) is 0. The van der Waals surface area contributed by atoms with Gasteiger partial charge >= 0.3 is 0 Å². The Morgan fingerprint density at radius 2 is 1.68 bits per heavy atom. The molecule has 2 nitrogen and oxygen atoms in total. The topological polar surface area (TPSA) is 29.5 Å². The third-order valence-electron chi connectivity index (χ3n) is 3.33. The van der Waals surface area contributed by atoms with Crippen molar-refractivity contribution < 1.29 is 9.84 Å². The van der Waals surface area contributed by atoms with Crippen molar-refractivity contribution in [2.75, 3.05) is 6.61 Å². The second-order valence-electron chi connectivity index (χ2n) is 4.87. The molecule has 0 saturated carbocycles. The second kappa shape index (κ2) is 5.45. The van der Waals surface area contributed by atoms with E-state index in [9.17, 15) is 5.11 Å². The maximum atomic E-state index is 10.9. The summed E-state index contributed by atoms with van der Waals surface area (Å²) in [6.45, 7) is 6.36. The molecule has 1 atom stereocenters. The molecule has 0 bridgehead atoms. The first-order valence-corrected chi connectivity index (χ1v) is 6.57. The molecule has 0 aliphatic carbocycles. The van der Waals surface area contributed by atoms with Gasteiger partial charge in [-0.25, -0.2) is 0 Å². The number of aryl methyl sites for hydroxylation is 1. The van der Waals surface area contributed by atoms with Gasteiger partial charge in [0.25, 0.3) is 0 Å². The van der Waals surface area contributed by atoms with Crippen LogP contribution in [0.15, 0.2) is 48.5 Å². The van der Waals surface area contributed by atoms with E-state index in [1.165, 1.54) is 5.56 Å². The highest BCUT2D eigenvalue weighted by molar-refractivity contribution is 5.44. The van der Waals surface area contributed by atoms with Crippen molar-refractivity contribution in [1.29, 1.82) is 0 Å². The molecule has 0 saturated heterocycles. The molecule has 2 aromatic rings. The van der Waals surface area contributed by atoms with Gasteiger partial charge < -0.3 is 9.84 Å². The summed E-state index contributed by atoms with van der Waals surface area (Å²) in [5.41, 5.74) is 1.78. The molecule has 0 heterocycles. The number of rotatable bonds is 4. The number of para-hydroxylation sites is 1.